The van der Waals surface area contributed by atoms with Crippen LogP contribution in [-0.4, -0.2) is 4.57 Å². The summed E-state index contributed by atoms with van der Waals surface area (Å²) < 4.78 is 3.11. The van der Waals surface area contributed by atoms with E-state index in [-0.39, 0.29) is 0 Å². The number of fused-ring (bicyclic) bond motifs is 1. The van der Waals surface area contributed by atoms with E-state index in [1.54, 1.807) is 0 Å². The monoisotopic (exact) mass is 329 g/mol. The molecule has 3 nitrogen and oxygen atoms in total. The molecule has 2 aromatic rings. The molecule has 0 aliphatic heterocycles. The standard InChI is InChI=1S/C16H16BrN3/c1-2-20-15-6-4-3-5-12(15)11-16(20)19-18-14-9-7-13(17)8-10-14/h2,7-11H,1,3-6H2. The minimum atomic E-state index is 0.850. The molecule has 3 rings (SSSR count). The fourth-order valence-corrected chi connectivity index (χ4v) is 2.87. The first kappa shape index (κ1) is 13.3. The van der Waals surface area contributed by atoms with E-state index in [1.165, 1.54) is 24.1 Å². The van der Waals surface area contributed by atoms with Gasteiger partial charge in [0.15, 0.2) is 5.82 Å². The maximum Gasteiger partial charge on any atom is 0.159 e. The first-order chi connectivity index (χ1) is 9.78. The number of halogens is 1. The van der Waals surface area contributed by atoms with Crippen molar-refractivity contribution in [2.24, 2.45) is 10.2 Å². The van der Waals surface area contributed by atoms with Gasteiger partial charge in [-0.3, -0.25) is 0 Å². The van der Waals surface area contributed by atoms with Crippen molar-refractivity contribution in [2.45, 2.75) is 25.7 Å². The first-order valence-corrected chi connectivity index (χ1v) is 7.60. The summed E-state index contributed by atoms with van der Waals surface area (Å²) in [5.74, 6) is 0.870. The van der Waals surface area contributed by atoms with E-state index in [1.807, 2.05) is 30.5 Å². The molecular weight excluding hydrogens is 314 g/mol. The molecule has 1 aliphatic rings. The Balaban J connectivity index is 1.92. The van der Waals surface area contributed by atoms with E-state index in [0.29, 0.717) is 0 Å². The Morgan fingerprint density at radius 3 is 2.60 bits per heavy atom. The smallest absolute Gasteiger partial charge is 0.159 e. The highest BCUT2D eigenvalue weighted by Crippen LogP contribution is 2.30. The van der Waals surface area contributed by atoms with Crippen LogP contribution < -0.4 is 0 Å². The molecule has 0 spiro atoms. The van der Waals surface area contributed by atoms with Crippen LogP contribution in [0.1, 0.15) is 24.1 Å². The van der Waals surface area contributed by atoms with E-state index in [4.69, 9.17) is 0 Å². The van der Waals surface area contributed by atoms with Gasteiger partial charge in [0, 0.05) is 16.4 Å². The molecule has 1 aromatic carbocycles. The van der Waals surface area contributed by atoms with Gasteiger partial charge < -0.3 is 4.57 Å². The fraction of sp³-hybridized carbons (Fsp3) is 0.250. The number of hydrogen-bond donors (Lipinski definition) is 0. The molecule has 20 heavy (non-hydrogen) atoms. The van der Waals surface area contributed by atoms with Crippen molar-refractivity contribution in [3.63, 3.8) is 0 Å². The van der Waals surface area contributed by atoms with Crippen LogP contribution in [0.15, 0.2) is 51.6 Å². The van der Waals surface area contributed by atoms with Crippen molar-refractivity contribution in [3.05, 3.63) is 52.6 Å². The summed E-state index contributed by atoms with van der Waals surface area (Å²) in [6.07, 6.45) is 6.58. The molecule has 1 heterocycles. The summed E-state index contributed by atoms with van der Waals surface area (Å²) in [5, 5.41) is 8.69. The van der Waals surface area contributed by atoms with Gasteiger partial charge in [0.25, 0.3) is 0 Å². The van der Waals surface area contributed by atoms with Crippen LogP contribution in [0, 0.1) is 0 Å². The molecule has 4 heteroatoms. The number of nitrogens with zero attached hydrogens (tertiary/aromatic N) is 3. The SMILES string of the molecule is C=Cn1c(N=Nc2ccc(Br)cc2)cc2c1CCCC2. The zero-order chi connectivity index (χ0) is 13.9. The lowest BCUT2D eigenvalue weighted by Crippen LogP contribution is -2.03. The van der Waals surface area contributed by atoms with Crippen molar-refractivity contribution in [3.8, 4) is 0 Å². The van der Waals surface area contributed by atoms with Gasteiger partial charge in [0.05, 0.1) is 5.69 Å². The highest BCUT2D eigenvalue weighted by Gasteiger charge is 2.16. The van der Waals surface area contributed by atoms with Crippen LogP contribution in [0.2, 0.25) is 0 Å². The molecule has 0 radical (unpaired) electrons. The Morgan fingerprint density at radius 1 is 1.10 bits per heavy atom. The summed E-state index contributed by atoms with van der Waals surface area (Å²) in [5.41, 5.74) is 3.58. The number of rotatable bonds is 3. The predicted molar refractivity (Wildman–Crippen MR) is 85.8 cm³/mol. The topological polar surface area (TPSA) is 29.6 Å². The number of benzene rings is 1. The average molecular weight is 330 g/mol. The van der Waals surface area contributed by atoms with Crippen LogP contribution >= 0.6 is 15.9 Å². The lowest BCUT2D eigenvalue weighted by molar-refractivity contribution is 0.667. The van der Waals surface area contributed by atoms with Crippen molar-refractivity contribution >= 4 is 33.6 Å². The van der Waals surface area contributed by atoms with Crippen molar-refractivity contribution < 1.29 is 0 Å². The lowest BCUT2D eigenvalue weighted by atomic mass is 9.98. The second kappa shape index (κ2) is 5.75. The Morgan fingerprint density at radius 2 is 1.85 bits per heavy atom. The molecule has 0 unspecified atom stereocenters. The highest BCUT2D eigenvalue weighted by atomic mass is 79.9. The Bertz CT molecular complexity index is 653. The Hall–Kier alpha value is -1.68. The van der Waals surface area contributed by atoms with E-state index >= 15 is 0 Å². The third-order valence-electron chi connectivity index (χ3n) is 3.60. The van der Waals surface area contributed by atoms with Crippen molar-refractivity contribution in [1.82, 2.24) is 4.57 Å². The normalized spacial score (nSPS) is 14.4. The van der Waals surface area contributed by atoms with Crippen molar-refractivity contribution in [1.29, 1.82) is 0 Å². The van der Waals surface area contributed by atoms with Crippen LogP contribution in [0.3, 0.4) is 0 Å². The summed E-state index contributed by atoms with van der Waals surface area (Å²) >= 11 is 3.41. The number of hydrogen-bond acceptors (Lipinski definition) is 2. The Kier molecular flexibility index (Phi) is 3.83. The average Bonchev–Trinajstić information content (AvgIpc) is 2.84. The minimum Gasteiger partial charge on any atom is -0.304 e. The summed E-state index contributed by atoms with van der Waals surface area (Å²) in [6, 6.07) is 9.94. The third kappa shape index (κ3) is 2.61. The van der Waals surface area contributed by atoms with Crippen molar-refractivity contribution in [2.75, 3.05) is 0 Å². The molecule has 0 saturated carbocycles. The van der Waals surface area contributed by atoms with Gasteiger partial charge in [-0.25, -0.2) is 0 Å². The molecule has 1 aliphatic carbocycles. The van der Waals surface area contributed by atoms with Gasteiger partial charge >= 0.3 is 0 Å². The number of aromatic nitrogens is 1. The van der Waals surface area contributed by atoms with Gasteiger partial charge in [0.2, 0.25) is 0 Å². The van der Waals surface area contributed by atoms with Gasteiger partial charge in [-0.05, 0) is 61.6 Å². The second-order valence-electron chi connectivity index (χ2n) is 4.91. The summed E-state index contributed by atoms with van der Waals surface area (Å²) in [6.45, 7) is 3.89. The first-order valence-electron chi connectivity index (χ1n) is 6.81. The minimum absolute atomic E-state index is 0.850. The zero-order valence-electron chi connectivity index (χ0n) is 11.2. The zero-order valence-corrected chi connectivity index (χ0v) is 12.8. The van der Waals surface area contributed by atoms with E-state index < -0.39 is 0 Å². The van der Waals surface area contributed by atoms with Crippen LogP contribution in [0.4, 0.5) is 11.5 Å². The molecule has 0 bridgehead atoms. The fourth-order valence-electron chi connectivity index (χ4n) is 2.60. The largest absolute Gasteiger partial charge is 0.304 e. The van der Waals surface area contributed by atoms with E-state index in [0.717, 1.165) is 28.8 Å². The molecule has 0 N–H and O–H groups in total. The van der Waals surface area contributed by atoms with Gasteiger partial charge in [-0.2, -0.15) is 0 Å². The molecule has 102 valence electrons. The molecule has 1 aromatic heterocycles. The summed E-state index contributed by atoms with van der Waals surface area (Å²) in [7, 11) is 0. The van der Waals surface area contributed by atoms with Crippen LogP contribution in [-0.2, 0) is 12.8 Å². The predicted octanol–water partition coefficient (Wildman–Crippen LogP) is 5.65. The third-order valence-corrected chi connectivity index (χ3v) is 4.13. The maximum absolute atomic E-state index is 4.38. The maximum atomic E-state index is 4.38. The summed E-state index contributed by atoms with van der Waals surface area (Å²) in [4.78, 5) is 0. The second-order valence-corrected chi connectivity index (χ2v) is 5.83. The number of aryl methyl sites for hydroxylation is 1. The van der Waals surface area contributed by atoms with Gasteiger partial charge in [0.1, 0.15) is 0 Å². The lowest BCUT2D eigenvalue weighted by Gasteiger charge is -2.12. The van der Waals surface area contributed by atoms with Gasteiger partial charge in [-0.1, -0.05) is 22.5 Å². The Labute approximate surface area is 127 Å². The van der Waals surface area contributed by atoms with Crippen LogP contribution in [0.25, 0.3) is 6.20 Å². The molecular formula is C16H16BrN3. The molecule has 0 atom stereocenters. The molecule has 0 fully saturated rings. The molecule has 0 amide bonds. The van der Waals surface area contributed by atoms with E-state index in [9.17, 15) is 0 Å². The van der Waals surface area contributed by atoms with Gasteiger partial charge in [-0.15, -0.1) is 10.2 Å². The van der Waals surface area contributed by atoms with Crippen LogP contribution in [0.5, 0.6) is 0 Å². The number of azo groups is 1. The quantitative estimate of drug-likeness (QED) is 0.651. The van der Waals surface area contributed by atoms with E-state index in [2.05, 4.69) is 43.4 Å². The molecule has 0 saturated heterocycles. The highest BCUT2D eigenvalue weighted by molar-refractivity contribution is 9.10.